The van der Waals surface area contributed by atoms with Crippen LogP contribution in [0, 0.1) is 77.0 Å². The Hall–Kier alpha value is -7.38. The van der Waals surface area contributed by atoms with Crippen molar-refractivity contribution >= 4 is 59.7 Å². The SMILES string of the molecule is C=CC(=O)OCCOC(=O)CCC(=O)OCC1CCC(C(=O)Oc2c(C)cc(OC(=O)C3CCC(C(=O)Oc4cc(C)c(OC(=O)C5CCC(COC(=O)CCC(=O)OCCOC(=O)C=C)CC5)c(C)c4C)CC3)c(C)c2C)CC1. The van der Waals surface area contributed by atoms with Crippen LogP contribution in [-0.4, -0.2) is 99.3 Å². The summed E-state index contributed by atoms with van der Waals surface area (Å²) in [6.07, 6.45) is 7.80. The van der Waals surface area contributed by atoms with Gasteiger partial charge in [0.15, 0.2) is 0 Å². The molecule has 0 radical (unpaired) electrons. The summed E-state index contributed by atoms with van der Waals surface area (Å²) in [5.74, 6) is -5.03. The Morgan fingerprint density at radius 3 is 0.975 bits per heavy atom. The van der Waals surface area contributed by atoms with Crippen LogP contribution in [0.1, 0.15) is 136 Å². The summed E-state index contributed by atoms with van der Waals surface area (Å²) in [5.41, 5.74) is 3.89. The quantitative estimate of drug-likeness (QED) is 0.0281. The Kier molecular flexibility index (Phi) is 24.9. The Labute approximate surface area is 466 Å². The number of esters is 10. The fourth-order valence-corrected chi connectivity index (χ4v) is 9.85. The molecule has 20 heteroatoms. The van der Waals surface area contributed by atoms with Crippen LogP contribution >= 0.6 is 0 Å². The molecule has 0 amide bonds. The molecule has 0 atom stereocenters. The molecule has 0 bridgehead atoms. The number of benzene rings is 2. The summed E-state index contributed by atoms with van der Waals surface area (Å²) >= 11 is 0. The van der Waals surface area contributed by atoms with Crippen molar-refractivity contribution in [3.8, 4) is 23.0 Å². The van der Waals surface area contributed by atoms with Gasteiger partial charge in [0.25, 0.3) is 0 Å². The van der Waals surface area contributed by atoms with Crippen molar-refractivity contribution in [1.82, 2.24) is 0 Å². The summed E-state index contributed by atoms with van der Waals surface area (Å²) in [4.78, 5) is 124. The molecule has 0 N–H and O–H groups in total. The number of carbonyl (C=O) groups is 10. The fraction of sp³-hybridized carbons (Fsp3) is 0.567. The number of rotatable bonds is 26. The normalized spacial score (nSPS) is 19.6. The second-order valence-electron chi connectivity index (χ2n) is 20.8. The molecule has 80 heavy (non-hydrogen) atoms. The third-order valence-electron chi connectivity index (χ3n) is 15.1. The predicted molar refractivity (Wildman–Crippen MR) is 285 cm³/mol. The number of hydrogen-bond donors (Lipinski definition) is 0. The van der Waals surface area contributed by atoms with E-state index in [4.69, 9.17) is 47.4 Å². The zero-order valence-corrected chi connectivity index (χ0v) is 46.9. The minimum Gasteiger partial charge on any atom is -0.465 e. The Bertz CT molecular complexity index is 2430. The maximum atomic E-state index is 13.5. The third kappa shape index (κ3) is 19.5. The lowest BCUT2D eigenvalue weighted by Crippen LogP contribution is -2.31. The van der Waals surface area contributed by atoms with Crippen molar-refractivity contribution in [3.05, 3.63) is 70.8 Å². The van der Waals surface area contributed by atoms with Gasteiger partial charge in [0.05, 0.1) is 62.6 Å². The first-order chi connectivity index (χ1) is 38.2. The van der Waals surface area contributed by atoms with Gasteiger partial charge in [-0.1, -0.05) is 13.2 Å². The van der Waals surface area contributed by atoms with Crippen molar-refractivity contribution in [2.75, 3.05) is 39.6 Å². The van der Waals surface area contributed by atoms with E-state index < -0.39 is 59.6 Å². The van der Waals surface area contributed by atoms with E-state index in [2.05, 4.69) is 13.2 Å². The molecule has 3 aliphatic carbocycles. The highest BCUT2D eigenvalue weighted by Crippen LogP contribution is 2.40. The van der Waals surface area contributed by atoms with Crippen LogP contribution in [0.4, 0.5) is 0 Å². The summed E-state index contributed by atoms with van der Waals surface area (Å²) in [6, 6.07) is 3.38. The van der Waals surface area contributed by atoms with E-state index >= 15 is 0 Å². The van der Waals surface area contributed by atoms with Crippen molar-refractivity contribution in [3.63, 3.8) is 0 Å². The molecule has 0 spiro atoms. The van der Waals surface area contributed by atoms with Crippen LogP contribution in [0.2, 0.25) is 0 Å². The van der Waals surface area contributed by atoms with Crippen LogP contribution < -0.4 is 18.9 Å². The molecule has 2 aromatic rings. The number of aryl methyl sites for hydroxylation is 2. The molecule has 0 heterocycles. The monoisotopic (exact) mass is 1120 g/mol. The van der Waals surface area contributed by atoms with Crippen LogP contribution in [-0.2, 0) is 76.4 Å². The molecule has 0 unspecified atom stereocenters. The highest BCUT2D eigenvalue weighted by atomic mass is 16.6. The second kappa shape index (κ2) is 31.4. The average Bonchev–Trinajstić information content (AvgIpc) is 3.45. The first-order valence-corrected chi connectivity index (χ1v) is 27.5. The zero-order valence-electron chi connectivity index (χ0n) is 46.9. The average molecular weight is 1120 g/mol. The lowest BCUT2D eigenvalue weighted by molar-refractivity contribution is -0.153. The van der Waals surface area contributed by atoms with Crippen molar-refractivity contribution < 1.29 is 95.3 Å². The molecule has 3 fully saturated rings. The Balaban J connectivity index is 0.992. The van der Waals surface area contributed by atoms with Gasteiger partial charge in [0.1, 0.15) is 49.4 Å². The molecule has 0 aliphatic heterocycles. The lowest BCUT2D eigenvalue weighted by Gasteiger charge is -2.28. The largest absolute Gasteiger partial charge is 0.465 e. The maximum absolute atomic E-state index is 13.5. The smallest absolute Gasteiger partial charge is 0.330 e. The fourth-order valence-electron chi connectivity index (χ4n) is 9.85. The molecular weight excluding hydrogens is 1040 g/mol. The van der Waals surface area contributed by atoms with Gasteiger partial charge in [-0.25, -0.2) is 9.59 Å². The van der Waals surface area contributed by atoms with Crippen LogP contribution in [0.5, 0.6) is 23.0 Å². The molecule has 0 saturated heterocycles. The van der Waals surface area contributed by atoms with Crippen molar-refractivity contribution in [2.24, 2.45) is 35.5 Å². The van der Waals surface area contributed by atoms with E-state index in [1.54, 1.807) is 39.8 Å². The Morgan fingerprint density at radius 2 is 0.662 bits per heavy atom. The maximum Gasteiger partial charge on any atom is 0.330 e. The van der Waals surface area contributed by atoms with Gasteiger partial charge in [-0.05, 0) is 176 Å². The summed E-state index contributed by atoms with van der Waals surface area (Å²) < 4.78 is 53.9. The van der Waals surface area contributed by atoms with Gasteiger partial charge in [0, 0.05) is 12.2 Å². The molecule has 5 rings (SSSR count). The molecule has 0 aromatic heterocycles. The predicted octanol–water partition coefficient (Wildman–Crippen LogP) is 8.47. The molecule has 3 saturated carbocycles. The van der Waals surface area contributed by atoms with E-state index in [0.717, 1.165) is 12.2 Å². The Morgan fingerprint density at radius 1 is 0.388 bits per heavy atom. The molecular formula is C60H76O20. The van der Waals surface area contributed by atoms with Gasteiger partial charge < -0.3 is 47.4 Å². The highest BCUT2D eigenvalue weighted by molar-refractivity contribution is 5.83. The lowest BCUT2D eigenvalue weighted by atomic mass is 9.82. The first-order valence-electron chi connectivity index (χ1n) is 27.5. The van der Waals surface area contributed by atoms with E-state index in [1.165, 1.54) is 0 Å². The van der Waals surface area contributed by atoms with Gasteiger partial charge in [-0.2, -0.15) is 0 Å². The van der Waals surface area contributed by atoms with Gasteiger partial charge in [-0.3, -0.25) is 38.4 Å². The highest BCUT2D eigenvalue weighted by Gasteiger charge is 2.35. The number of ether oxygens (including phenoxy) is 10. The summed E-state index contributed by atoms with van der Waals surface area (Å²) in [5, 5.41) is 0. The number of hydrogen-bond acceptors (Lipinski definition) is 20. The van der Waals surface area contributed by atoms with E-state index in [9.17, 15) is 47.9 Å². The molecule has 3 aliphatic rings. The van der Waals surface area contributed by atoms with E-state index in [0.29, 0.717) is 133 Å². The van der Waals surface area contributed by atoms with Gasteiger partial charge >= 0.3 is 59.7 Å². The van der Waals surface area contributed by atoms with Gasteiger partial charge in [0.2, 0.25) is 0 Å². The van der Waals surface area contributed by atoms with Crippen molar-refractivity contribution in [2.45, 2.75) is 144 Å². The second-order valence-corrected chi connectivity index (χ2v) is 20.8. The molecule has 436 valence electrons. The van der Waals surface area contributed by atoms with Crippen LogP contribution in [0.15, 0.2) is 37.4 Å². The third-order valence-corrected chi connectivity index (χ3v) is 15.1. The minimum absolute atomic E-state index is 0.0564. The molecule has 2 aromatic carbocycles. The minimum atomic E-state index is -0.631. The van der Waals surface area contributed by atoms with Crippen LogP contribution in [0.3, 0.4) is 0 Å². The van der Waals surface area contributed by atoms with E-state index in [-0.39, 0.29) is 101 Å². The van der Waals surface area contributed by atoms with Crippen LogP contribution in [0.25, 0.3) is 0 Å². The first kappa shape index (κ1) is 63.5. The number of carbonyl (C=O) groups excluding carboxylic acids is 10. The molecule has 20 nitrogen and oxygen atoms in total. The standard InChI is InChI=1S/C60H76O20/c1-9-49(61)71-27-29-73-51(63)23-25-53(65)75-33-41-11-15-43(16-12-41)59(69)79-55-35(3)31-47(37(5)39(55)7)77-57(67)45-19-21-46(22-20-45)58(68)78-48-32-36(4)56(40(8)38(48)6)80-60(70)44-17-13-42(14-18-44)34-76-54(66)26-24-52(64)74-30-28-72-50(62)10-2/h9-10,31-32,41-46H,1-2,11-30,33-34H2,3-8H3. The van der Waals surface area contributed by atoms with Gasteiger partial charge in [-0.15, -0.1) is 0 Å². The van der Waals surface area contributed by atoms with E-state index in [1.807, 2.05) is 13.8 Å². The summed E-state index contributed by atoms with van der Waals surface area (Å²) in [6.45, 7) is 17.2. The topological polar surface area (TPSA) is 263 Å². The van der Waals surface area contributed by atoms with Crippen molar-refractivity contribution in [1.29, 1.82) is 0 Å². The summed E-state index contributed by atoms with van der Waals surface area (Å²) in [7, 11) is 0. The zero-order chi connectivity index (χ0) is 58.5.